The lowest BCUT2D eigenvalue weighted by Crippen LogP contribution is -2.29. The number of likely N-dealkylation sites (N-methyl/N-ethyl adjacent to an activating group) is 1. The number of rotatable bonds is 7. The zero-order valence-electron chi connectivity index (χ0n) is 14.4. The van der Waals surface area contributed by atoms with Crippen molar-refractivity contribution in [1.29, 1.82) is 0 Å². The van der Waals surface area contributed by atoms with Gasteiger partial charge in [0.05, 0.1) is 24.6 Å². The summed E-state index contributed by atoms with van der Waals surface area (Å²) in [4.78, 5) is 34.4. The van der Waals surface area contributed by atoms with Gasteiger partial charge in [-0.2, -0.15) is 0 Å². The molecule has 7 nitrogen and oxygen atoms in total. The Morgan fingerprint density at radius 1 is 1.46 bits per heavy atom. The maximum atomic E-state index is 12.4. The van der Waals surface area contributed by atoms with E-state index in [4.69, 9.17) is 4.74 Å². The molecule has 0 unspecified atom stereocenters. The fourth-order valence-corrected chi connectivity index (χ4v) is 3.56. The molecule has 2 heterocycles. The lowest BCUT2D eigenvalue weighted by atomic mass is 10.2. The fraction of sp³-hybridized carbons (Fsp3) is 0.562. The van der Waals surface area contributed by atoms with Crippen LogP contribution in [-0.4, -0.2) is 52.2 Å². The van der Waals surface area contributed by atoms with Crippen molar-refractivity contribution >= 4 is 27.5 Å². The summed E-state index contributed by atoms with van der Waals surface area (Å²) in [6, 6.07) is 0. The van der Waals surface area contributed by atoms with Crippen molar-refractivity contribution < 1.29 is 14.6 Å². The number of aryl methyl sites for hydroxylation is 1. The third kappa shape index (κ3) is 4.00. The summed E-state index contributed by atoms with van der Waals surface area (Å²) in [7, 11) is 1.85. The van der Waals surface area contributed by atoms with E-state index in [1.807, 2.05) is 18.9 Å². The molecule has 2 aromatic heterocycles. The third-order valence-corrected chi connectivity index (χ3v) is 4.89. The molecular formula is C16H23N3O4S. The fourth-order valence-electron chi connectivity index (χ4n) is 2.46. The molecule has 2 N–H and O–H groups in total. The van der Waals surface area contributed by atoms with E-state index in [1.54, 1.807) is 13.8 Å². The van der Waals surface area contributed by atoms with Crippen LogP contribution < -0.4 is 5.56 Å². The molecule has 0 saturated heterocycles. The van der Waals surface area contributed by atoms with E-state index in [2.05, 4.69) is 9.97 Å². The van der Waals surface area contributed by atoms with E-state index in [0.29, 0.717) is 46.0 Å². The largest absolute Gasteiger partial charge is 0.462 e. The number of hydrogen-bond donors (Lipinski definition) is 2. The number of aliphatic hydroxyl groups excluding tert-OH is 1. The van der Waals surface area contributed by atoms with Gasteiger partial charge in [0.15, 0.2) is 0 Å². The zero-order valence-corrected chi connectivity index (χ0v) is 15.2. The number of thiophene rings is 1. The third-order valence-electron chi connectivity index (χ3n) is 3.72. The Balaban J connectivity index is 2.32. The van der Waals surface area contributed by atoms with Crippen molar-refractivity contribution in [1.82, 2.24) is 14.9 Å². The summed E-state index contributed by atoms with van der Waals surface area (Å²) in [6.07, 6.45) is 0.255. The molecule has 0 radical (unpaired) electrons. The van der Waals surface area contributed by atoms with Crippen LogP contribution in [0.25, 0.3) is 10.2 Å². The zero-order chi connectivity index (χ0) is 17.9. The molecule has 24 heavy (non-hydrogen) atoms. The number of aliphatic hydroxyl groups is 1. The highest BCUT2D eigenvalue weighted by atomic mass is 32.1. The molecule has 2 aromatic rings. The number of aromatic amines is 1. The maximum Gasteiger partial charge on any atom is 0.348 e. The number of fused-ring (bicyclic) bond motifs is 1. The molecule has 0 spiro atoms. The van der Waals surface area contributed by atoms with Crippen molar-refractivity contribution in [2.45, 2.75) is 39.8 Å². The van der Waals surface area contributed by atoms with Gasteiger partial charge in [-0.05, 0) is 32.9 Å². The van der Waals surface area contributed by atoms with Crippen LogP contribution in [0.3, 0.4) is 0 Å². The molecule has 2 rings (SSSR count). The van der Waals surface area contributed by atoms with Gasteiger partial charge in [0.2, 0.25) is 0 Å². The summed E-state index contributed by atoms with van der Waals surface area (Å²) >= 11 is 1.17. The topological polar surface area (TPSA) is 95.5 Å². The number of esters is 1. The molecule has 0 aliphatic carbocycles. The molecule has 0 bridgehead atoms. The molecule has 0 aromatic carbocycles. The number of hydrogen-bond acceptors (Lipinski definition) is 7. The Morgan fingerprint density at radius 3 is 2.79 bits per heavy atom. The summed E-state index contributed by atoms with van der Waals surface area (Å²) in [5.41, 5.74) is 0.340. The number of ether oxygens (including phenoxy) is 1. The monoisotopic (exact) mass is 353 g/mol. The van der Waals surface area contributed by atoms with Crippen LogP contribution in [0, 0.1) is 6.92 Å². The Bertz CT molecular complexity index is 783. The molecular weight excluding hydrogens is 330 g/mol. The first kappa shape index (κ1) is 18.6. The molecule has 0 amide bonds. The van der Waals surface area contributed by atoms with Gasteiger partial charge in [-0.25, -0.2) is 9.78 Å². The number of carbonyl (C=O) groups excluding carboxylic acids is 1. The molecule has 0 aliphatic heterocycles. The van der Waals surface area contributed by atoms with Crippen LogP contribution >= 0.6 is 11.3 Å². The number of aromatic nitrogens is 2. The second-order valence-electron chi connectivity index (χ2n) is 5.73. The Morgan fingerprint density at radius 2 is 2.17 bits per heavy atom. The number of H-pyrrole nitrogens is 1. The molecule has 8 heteroatoms. The van der Waals surface area contributed by atoms with Crippen LogP contribution in [0.15, 0.2) is 4.79 Å². The Labute approximate surface area is 144 Å². The average molecular weight is 353 g/mol. The lowest BCUT2D eigenvalue weighted by Gasteiger charge is -2.18. The Kier molecular flexibility index (Phi) is 6.09. The van der Waals surface area contributed by atoms with Crippen molar-refractivity contribution in [2.75, 3.05) is 20.2 Å². The summed E-state index contributed by atoms with van der Waals surface area (Å²) in [6.45, 7) is 6.57. The maximum absolute atomic E-state index is 12.4. The lowest BCUT2D eigenvalue weighted by molar-refractivity contribution is 0.0531. The van der Waals surface area contributed by atoms with Crippen molar-refractivity contribution in [3.8, 4) is 0 Å². The van der Waals surface area contributed by atoms with Crippen molar-refractivity contribution in [2.24, 2.45) is 0 Å². The standard InChI is InChI=1S/C16H23N3O4S/c1-5-10(20)7-19(4)8-11-17-14(21)12-9(3)13(16(22)23-6-2)24-15(12)18-11/h10,20H,5-8H2,1-4H3,(H,17,18,21)/t10-/m1/s1. The highest BCUT2D eigenvalue weighted by molar-refractivity contribution is 7.20. The van der Waals surface area contributed by atoms with Gasteiger partial charge in [-0.3, -0.25) is 9.69 Å². The predicted octanol–water partition coefficient (Wildman–Crippen LogP) is 1.67. The number of nitrogens with one attached hydrogen (secondary N) is 1. The van der Waals surface area contributed by atoms with Crippen LogP contribution in [0.4, 0.5) is 0 Å². The van der Waals surface area contributed by atoms with E-state index in [1.165, 1.54) is 11.3 Å². The summed E-state index contributed by atoms with van der Waals surface area (Å²) in [5.74, 6) is 0.0806. The summed E-state index contributed by atoms with van der Waals surface area (Å²) in [5, 5.41) is 10.1. The molecule has 0 aliphatic rings. The quantitative estimate of drug-likeness (QED) is 0.735. The van der Waals surface area contributed by atoms with Gasteiger partial charge in [-0.1, -0.05) is 6.92 Å². The first-order valence-electron chi connectivity index (χ1n) is 7.93. The van der Waals surface area contributed by atoms with E-state index in [-0.39, 0.29) is 12.2 Å². The first-order chi connectivity index (χ1) is 11.4. The van der Waals surface area contributed by atoms with Gasteiger partial charge in [0, 0.05) is 6.54 Å². The van der Waals surface area contributed by atoms with Gasteiger partial charge >= 0.3 is 5.97 Å². The van der Waals surface area contributed by atoms with E-state index in [0.717, 1.165) is 0 Å². The molecule has 0 saturated carbocycles. The normalized spacial score (nSPS) is 12.8. The Hall–Kier alpha value is -1.77. The predicted molar refractivity (Wildman–Crippen MR) is 93.6 cm³/mol. The number of nitrogens with zero attached hydrogens (tertiary/aromatic N) is 2. The van der Waals surface area contributed by atoms with Crippen LogP contribution in [0.1, 0.15) is 41.3 Å². The van der Waals surface area contributed by atoms with Crippen molar-refractivity contribution in [3.05, 3.63) is 26.6 Å². The number of carbonyl (C=O) groups is 1. The molecule has 1 atom stereocenters. The minimum Gasteiger partial charge on any atom is -0.462 e. The molecule has 0 fully saturated rings. The van der Waals surface area contributed by atoms with Crippen LogP contribution in [0.2, 0.25) is 0 Å². The SMILES string of the molecule is CCOC(=O)c1sc2nc(CN(C)C[C@H](O)CC)[nH]c(=O)c2c1C. The minimum absolute atomic E-state index is 0.260. The van der Waals surface area contributed by atoms with Crippen LogP contribution in [0.5, 0.6) is 0 Å². The van der Waals surface area contributed by atoms with Gasteiger partial charge in [-0.15, -0.1) is 11.3 Å². The first-order valence-corrected chi connectivity index (χ1v) is 8.75. The van der Waals surface area contributed by atoms with Crippen molar-refractivity contribution in [3.63, 3.8) is 0 Å². The van der Waals surface area contributed by atoms with Crippen LogP contribution in [-0.2, 0) is 11.3 Å². The second kappa shape index (κ2) is 7.87. The highest BCUT2D eigenvalue weighted by Gasteiger charge is 2.20. The highest BCUT2D eigenvalue weighted by Crippen LogP contribution is 2.27. The molecule has 132 valence electrons. The van der Waals surface area contributed by atoms with Gasteiger partial charge in [0.25, 0.3) is 5.56 Å². The van der Waals surface area contributed by atoms with Gasteiger partial charge < -0.3 is 14.8 Å². The smallest absolute Gasteiger partial charge is 0.348 e. The average Bonchev–Trinajstić information content (AvgIpc) is 2.84. The van der Waals surface area contributed by atoms with E-state index < -0.39 is 12.1 Å². The van der Waals surface area contributed by atoms with Gasteiger partial charge in [0.1, 0.15) is 15.5 Å². The van der Waals surface area contributed by atoms with E-state index >= 15 is 0 Å². The van der Waals surface area contributed by atoms with E-state index in [9.17, 15) is 14.7 Å². The minimum atomic E-state index is -0.429. The second-order valence-corrected chi connectivity index (χ2v) is 6.73. The summed E-state index contributed by atoms with van der Waals surface area (Å²) < 4.78 is 5.02.